The van der Waals surface area contributed by atoms with Crippen molar-refractivity contribution in [3.8, 4) is 11.5 Å². The van der Waals surface area contributed by atoms with Crippen LogP contribution in [-0.2, 0) is 12.8 Å². The number of aromatic amines is 2. The summed E-state index contributed by atoms with van der Waals surface area (Å²) in [5.41, 5.74) is 6.87. The third kappa shape index (κ3) is 5.67. The lowest BCUT2D eigenvalue weighted by atomic mass is 10.0. The Morgan fingerprint density at radius 1 is 0.929 bits per heavy atom. The standard InChI is InChI=1S/C29H31N9O4/c1-3-38-12-5-6-18-14-21(33-35-28-9-8-20(31-28)29(39)40)26(17-24(18)38)42-36-41-25-16-23-19(10-13-37(23)2)15-22(25)32-34-27-7-4-11-30-27/h4,7-9,11,14-17H,3,5-6,10,12-13,36H2,1-2H3,(H2-,30,31,32,33,39,40)/p+1. The van der Waals surface area contributed by atoms with E-state index >= 15 is 0 Å². The molecule has 2 aliphatic rings. The first-order valence-electron chi connectivity index (χ1n) is 13.8. The summed E-state index contributed by atoms with van der Waals surface area (Å²) in [6.07, 6.45) is 4.67. The van der Waals surface area contributed by atoms with Gasteiger partial charge in [-0.15, -0.1) is 20.5 Å². The number of carboxylic acid groups (broad SMARTS) is 1. The van der Waals surface area contributed by atoms with Gasteiger partial charge < -0.3 is 24.9 Å². The highest BCUT2D eigenvalue weighted by Crippen LogP contribution is 2.40. The van der Waals surface area contributed by atoms with E-state index in [0.717, 1.165) is 55.8 Å². The number of quaternary nitrogens is 1. The summed E-state index contributed by atoms with van der Waals surface area (Å²) in [5, 5.41) is 26.6. The van der Waals surface area contributed by atoms with Crippen LogP contribution in [0.4, 0.5) is 34.4 Å². The molecule has 0 aliphatic carbocycles. The third-order valence-electron chi connectivity index (χ3n) is 7.41. The number of likely N-dealkylation sites (N-methyl/N-ethyl adjacent to an activating group) is 1. The number of hydrogen-bond donors (Lipinski definition) is 4. The molecule has 0 radical (unpaired) electrons. The van der Waals surface area contributed by atoms with E-state index in [1.165, 1.54) is 17.3 Å². The van der Waals surface area contributed by atoms with Gasteiger partial charge in [0.25, 0.3) is 0 Å². The number of hydrogen-bond acceptors (Lipinski definition) is 9. The number of carboxylic acids is 1. The summed E-state index contributed by atoms with van der Waals surface area (Å²) in [7, 11) is 2.05. The number of aromatic carboxylic acids is 1. The van der Waals surface area contributed by atoms with E-state index in [4.69, 9.17) is 9.68 Å². The van der Waals surface area contributed by atoms with E-state index in [0.29, 0.717) is 34.5 Å². The van der Waals surface area contributed by atoms with Gasteiger partial charge in [-0.25, -0.2) is 4.79 Å². The zero-order chi connectivity index (χ0) is 29.1. The Balaban J connectivity index is 1.27. The molecule has 6 rings (SSSR count). The molecule has 13 nitrogen and oxygen atoms in total. The fourth-order valence-corrected chi connectivity index (χ4v) is 5.21. The molecule has 4 aromatic rings. The van der Waals surface area contributed by atoms with E-state index in [-0.39, 0.29) is 5.69 Å². The van der Waals surface area contributed by atoms with Gasteiger partial charge >= 0.3 is 5.97 Å². The molecule has 0 bridgehead atoms. The molecule has 0 saturated carbocycles. The molecule has 0 unspecified atom stereocenters. The van der Waals surface area contributed by atoms with Gasteiger partial charge in [-0.3, -0.25) is 9.68 Å². The zero-order valence-electron chi connectivity index (χ0n) is 23.4. The molecular formula is C29H32N9O4+. The van der Waals surface area contributed by atoms with Crippen LogP contribution < -0.4 is 25.1 Å². The van der Waals surface area contributed by atoms with Crippen molar-refractivity contribution in [3.63, 3.8) is 0 Å². The first-order valence-corrected chi connectivity index (χ1v) is 13.8. The van der Waals surface area contributed by atoms with Crippen molar-refractivity contribution in [1.82, 2.24) is 9.97 Å². The van der Waals surface area contributed by atoms with Crippen molar-refractivity contribution in [3.05, 3.63) is 71.5 Å². The minimum Gasteiger partial charge on any atom is -0.477 e. The molecule has 216 valence electrons. The van der Waals surface area contributed by atoms with Crippen LogP contribution in [0.3, 0.4) is 0 Å². The Hall–Kier alpha value is -5.17. The van der Waals surface area contributed by atoms with Crippen LogP contribution in [0.1, 0.15) is 35.0 Å². The zero-order valence-corrected chi connectivity index (χ0v) is 23.4. The fourth-order valence-electron chi connectivity index (χ4n) is 5.21. The lowest BCUT2D eigenvalue weighted by molar-refractivity contribution is -1.01. The smallest absolute Gasteiger partial charge is 0.352 e. The van der Waals surface area contributed by atoms with Crippen LogP contribution in [0.2, 0.25) is 0 Å². The number of anilines is 2. The van der Waals surface area contributed by atoms with Gasteiger partial charge in [0.1, 0.15) is 17.1 Å². The molecule has 0 spiro atoms. The SMILES string of the molecule is CCN1CCCc2cc(N=Nc3ccc(C(=O)O)[nH]3)c(O[NH2+]Oc3cc4c(cc3N=Nc3ccc[nH]3)CCN4C)cc21. The minimum absolute atomic E-state index is 0.0374. The molecular weight excluding hydrogens is 538 g/mol. The number of H-pyrrole nitrogens is 2. The molecule has 0 atom stereocenters. The van der Waals surface area contributed by atoms with Gasteiger partial charge in [0.05, 0.1) is 0 Å². The Bertz CT molecular complexity index is 1640. The summed E-state index contributed by atoms with van der Waals surface area (Å²) in [6, 6.07) is 14.6. The van der Waals surface area contributed by atoms with E-state index in [1.54, 1.807) is 12.3 Å². The molecule has 0 amide bonds. The molecule has 2 aromatic heterocycles. The van der Waals surface area contributed by atoms with E-state index < -0.39 is 5.97 Å². The van der Waals surface area contributed by atoms with Gasteiger partial charge in [-0.1, -0.05) is 0 Å². The summed E-state index contributed by atoms with van der Waals surface area (Å²) in [5.74, 6) is 0.856. The maximum absolute atomic E-state index is 11.2. The second-order valence-electron chi connectivity index (χ2n) is 10.1. The topological polar surface area (TPSA) is 160 Å². The molecule has 0 saturated heterocycles. The molecule has 5 N–H and O–H groups in total. The number of nitrogens with two attached hydrogens (primary N) is 1. The number of aryl methyl sites for hydroxylation is 1. The molecule has 13 heteroatoms. The Morgan fingerprint density at radius 3 is 2.31 bits per heavy atom. The van der Waals surface area contributed by atoms with Crippen molar-refractivity contribution in [1.29, 1.82) is 0 Å². The average molecular weight is 571 g/mol. The summed E-state index contributed by atoms with van der Waals surface area (Å²) >= 11 is 0. The predicted molar refractivity (Wildman–Crippen MR) is 156 cm³/mol. The van der Waals surface area contributed by atoms with Crippen LogP contribution >= 0.6 is 0 Å². The van der Waals surface area contributed by atoms with Crippen LogP contribution in [0.5, 0.6) is 11.5 Å². The maximum atomic E-state index is 11.2. The quantitative estimate of drug-likeness (QED) is 0.146. The third-order valence-corrected chi connectivity index (χ3v) is 7.41. The van der Waals surface area contributed by atoms with Crippen molar-refractivity contribution >= 4 is 40.4 Å². The molecule has 2 aromatic carbocycles. The Labute approximate surface area is 241 Å². The second-order valence-corrected chi connectivity index (χ2v) is 10.1. The average Bonchev–Trinajstić information content (AvgIpc) is 3.77. The molecule has 0 fully saturated rings. The number of carbonyl (C=O) groups is 1. The van der Waals surface area contributed by atoms with Crippen LogP contribution in [0.15, 0.2) is 75.2 Å². The van der Waals surface area contributed by atoms with E-state index in [1.807, 2.05) is 43.4 Å². The van der Waals surface area contributed by atoms with E-state index in [9.17, 15) is 9.90 Å². The highest BCUT2D eigenvalue weighted by atomic mass is 16.9. The van der Waals surface area contributed by atoms with Crippen LogP contribution in [0.25, 0.3) is 0 Å². The minimum atomic E-state index is -1.06. The van der Waals surface area contributed by atoms with Gasteiger partial charge in [-0.2, -0.15) is 0 Å². The van der Waals surface area contributed by atoms with Crippen molar-refractivity contribution < 1.29 is 25.2 Å². The first kappa shape index (κ1) is 27.0. The lowest BCUT2D eigenvalue weighted by Gasteiger charge is -2.30. The van der Waals surface area contributed by atoms with Crippen molar-refractivity contribution in [2.24, 2.45) is 20.5 Å². The van der Waals surface area contributed by atoms with Crippen LogP contribution in [0, 0.1) is 0 Å². The fraction of sp³-hybridized carbons (Fsp3) is 0.276. The number of azo groups is 2. The molecule has 4 heterocycles. The molecule has 2 aliphatic heterocycles. The van der Waals surface area contributed by atoms with Gasteiger partial charge in [0.2, 0.25) is 11.5 Å². The van der Waals surface area contributed by atoms with Crippen molar-refractivity contribution in [2.75, 3.05) is 36.5 Å². The number of nitrogens with one attached hydrogen (secondary N) is 2. The summed E-state index contributed by atoms with van der Waals surface area (Å²) in [4.78, 5) is 33.6. The predicted octanol–water partition coefficient (Wildman–Crippen LogP) is 5.49. The van der Waals surface area contributed by atoms with E-state index in [2.05, 4.69) is 47.1 Å². The number of fused-ring (bicyclic) bond motifs is 2. The maximum Gasteiger partial charge on any atom is 0.352 e. The number of benzene rings is 2. The Kier molecular flexibility index (Phi) is 7.56. The first-order chi connectivity index (χ1) is 20.5. The van der Waals surface area contributed by atoms with Crippen molar-refractivity contribution in [2.45, 2.75) is 26.2 Å². The Morgan fingerprint density at radius 2 is 1.64 bits per heavy atom. The molecule has 42 heavy (non-hydrogen) atoms. The number of rotatable bonds is 10. The highest BCUT2D eigenvalue weighted by Gasteiger charge is 2.23. The highest BCUT2D eigenvalue weighted by molar-refractivity contribution is 5.86. The second kappa shape index (κ2) is 11.7. The van der Waals surface area contributed by atoms with Gasteiger partial charge in [-0.05, 0) is 73.7 Å². The summed E-state index contributed by atoms with van der Waals surface area (Å²) < 4.78 is 0. The van der Waals surface area contributed by atoms with Gasteiger partial charge in [0, 0.05) is 62.0 Å². The summed E-state index contributed by atoms with van der Waals surface area (Å²) in [6.45, 7) is 4.87. The monoisotopic (exact) mass is 570 g/mol. The number of nitrogens with zero attached hydrogens (tertiary/aromatic N) is 6. The van der Waals surface area contributed by atoms with Crippen LogP contribution in [-0.4, -0.2) is 47.7 Å². The number of aromatic nitrogens is 2. The van der Waals surface area contributed by atoms with Gasteiger partial charge in [0.15, 0.2) is 11.6 Å². The lowest BCUT2D eigenvalue weighted by Crippen LogP contribution is -2.89. The largest absolute Gasteiger partial charge is 0.477 e. The normalized spacial score (nSPS) is 14.5.